The standard InChI is InChI=1S/C14H22O2/c1-11(2)10-16-14-6-4-5-13(9-14)8-7-12(3)15/h4-6,9,11-12,15H,7-8,10H2,1-3H3. The van der Waals surface area contributed by atoms with Crippen LogP contribution in [0.25, 0.3) is 0 Å². The Morgan fingerprint density at radius 1 is 1.25 bits per heavy atom. The van der Waals surface area contributed by atoms with Crippen LogP contribution >= 0.6 is 0 Å². The van der Waals surface area contributed by atoms with Crippen LogP contribution in [0.5, 0.6) is 5.75 Å². The van der Waals surface area contributed by atoms with Crippen LogP contribution in [-0.4, -0.2) is 17.8 Å². The lowest BCUT2D eigenvalue weighted by Gasteiger charge is -2.10. The highest BCUT2D eigenvalue weighted by Crippen LogP contribution is 2.16. The molecule has 0 aliphatic rings. The summed E-state index contributed by atoms with van der Waals surface area (Å²) in [5.74, 6) is 1.47. The van der Waals surface area contributed by atoms with Crippen molar-refractivity contribution in [2.24, 2.45) is 5.92 Å². The minimum atomic E-state index is -0.236. The van der Waals surface area contributed by atoms with Crippen LogP contribution in [0.1, 0.15) is 32.8 Å². The Balaban J connectivity index is 2.50. The van der Waals surface area contributed by atoms with E-state index in [-0.39, 0.29) is 6.10 Å². The van der Waals surface area contributed by atoms with E-state index in [1.165, 1.54) is 5.56 Å². The van der Waals surface area contributed by atoms with Gasteiger partial charge in [-0.3, -0.25) is 0 Å². The van der Waals surface area contributed by atoms with Crippen molar-refractivity contribution in [3.63, 3.8) is 0 Å². The van der Waals surface area contributed by atoms with Crippen molar-refractivity contribution in [3.05, 3.63) is 29.8 Å². The molecule has 0 bridgehead atoms. The maximum atomic E-state index is 9.23. The van der Waals surface area contributed by atoms with Crippen molar-refractivity contribution in [2.45, 2.75) is 39.7 Å². The summed E-state index contributed by atoms with van der Waals surface area (Å²) in [6.07, 6.45) is 1.46. The maximum absolute atomic E-state index is 9.23. The molecule has 0 heterocycles. The van der Waals surface area contributed by atoms with Gasteiger partial charge in [-0.2, -0.15) is 0 Å². The van der Waals surface area contributed by atoms with Gasteiger partial charge in [-0.25, -0.2) is 0 Å². The van der Waals surface area contributed by atoms with Crippen LogP contribution in [0.2, 0.25) is 0 Å². The summed E-state index contributed by atoms with van der Waals surface area (Å²) in [4.78, 5) is 0. The molecule has 1 atom stereocenters. The number of ether oxygens (including phenoxy) is 1. The molecule has 0 saturated heterocycles. The van der Waals surface area contributed by atoms with E-state index in [1.54, 1.807) is 0 Å². The van der Waals surface area contributed by atoms with Crippen molar-refractivity contribution < 1.29 is 9.84 Å². The fourth-order valence-corrected chi connectivity index (χ4v) is 1.43. The van der Waals surface area contributed by atoms with Crippen LogP contribution in [0.15, 0.2) is 24.3 Å². The molecular weight excluding hydrogens is 200 g/mol. The summed E-state index contributed by atoms with van der Waals surface area (Å²) in [5, 5.41) is 9.23. The van der Waals surface area contributed by atoms with Gasteiger partial charge >= 0.3 is 0 Å². The number of benzene rings is 1. The van der Waals surface area contributed by atoms with E-state index in [2.05, 4.69) is 26.0 Å². The van der Waals surface area contributed by atoms with Gasteiger partial charge in [0.2, 0.25) is 0 Å². The van der Waals surface area contributed by atoms with Crippen molar-refractivity contribution in [1.82, 2.24) is 0 Å². The second kappa shape index (κ2) is 6.54. The van der Waals surface area contributed by atoms with Crippen molar-refractivity contribution in [2.75, 3.05) is 6.61 Å². The van der Waals surface area contributed by atoms with Crippen molar-refractivity contribution in [1.29, 1.82) is 0 Å². The number of aryl methyl sites for hydroxylation is 1. The van der Waals surface area contributed by atoms with Gasteiger partial charge in [0.15, 0.2) is 0 Å². The Kier molecular flexibility index (Phi) is 5.33. The Labute approximate surface area is 98.3 Å². The molecule has 0 amide bonds. The van der Waals surface area contributed by atoms with E-state index in [0.717, 1.165) is 25.2 Å². The van der Waals surface area contributed by atoms with E-state index in [9.17, 15) is 5.11 Å². The van der Waals surface area contributed by atoms with Gasteiger partial charge < -0.3 is 9.84 Å². The first-order chi connectivity index (χ1) is 7.58. The van der Waals surface area contributed by atoms with Gasteiger partial charge in [0.1, 0.15) is 5.75 Å². The van der Waals surface area contributed by atoms with Gasteiger partial charge in [-0.05, 0) is 43.4 Å². The Bertz CT molecular complexity index is 278. The Morgan fingerprint density at radius 2 is 2.00 bits per heavy atom. The third-order valence-corrected chi connectivity index (χ3v) is 2.33. The quantitative estimate of drug-likeness (QED) is 0.801. The Morgan fingerprint density at radius 3 is 2.62 bits per heavy atom. The molecule has 0 saturated carbocycles. The molecular formula is C14H22O2. The lowest BCUT2D eigenvalue weighted by Crippen LogP contribution is -2.05. The third kappa shape index (κ3) is 5.17. The van der Waals surface area contributed by atoms with Gasteiger partial charge in [0.25, 0.3) is 0 Å². The van der Waals surface area contributed by atoms with Gasteiger partial charge in [0.05, 0.1) is 12.7 Å². The number of hydrogen-bond acceptors (Lipinski definition) is 2. The van der Waals surface area contributed by atoms with Crippen LogP contribution in [0.3, 0.4) is 0 Å². The summed E-state index contributed by atoms with van der Waals surface area (Å²) >= 11 is 0. The van der Waals surface area contributed by atoms with E-state index in [1.807, 2.05) is 19.1 Å². The highest BCUT2D eigenvalue weighted by molar-refractivity contribution is 5.28. The second-order valence-electron chi connectivity index (χ2n) is 4.74. The van der Waals surface area contributed by atoms with Gasteiger partial charge in [0, 0.05) is 0 Å². The van der Waals surface area contributed by atoms with E-state index < -0.39 is 0 Å². The molecule has 0 radical (unpaired) electrons. The highest BCUT2D eigenvalue weighted by atomic mass is 16.5. The average Bonchev–Trinajstić information content (AvgIpc) is 2.24. The molecule has 2 heteroatoms. The summed E-state index contributed by atoms with van der Waals surface area (Å²) < 4.78 is 5.65. The molecule has 1 aromatic rings. The maximum Gasteiger partial charge on any atom is 0.119 e. The largest absolute Gasteiger partial charge is 0.493 e. The topological polar surface area (TPSA) is 29.5 Å². The molecule has 1 aromatic carbocycles. The molecule has 0 aromatic heterocycles. The molecule has 1 rings (SSSR count). The van der Waals surface area contributed by atoms with E-state index in [0.29, 0.717) is 5.92 Å². The van der Waals surface area contributed by atoms with Crippen LogP contribution in [0, 0.1) is 5.92 Å². The van der Waals surface area contributed by atoms with Gasteiger partial charge in [-0.15, -0.1) is 0 Å². The number of aliphatic hydroxyl groups is 1. The first-order valence-electron chi connectivity index (χ1n) is 5.97. The van der Waals surface area contributed by atoms with E-state index in [4.69, 9.17) is 4.74 Å². The predicted molar refractivity (Wildman–Crippen MR) is 66.8 cm³/mol. The summed E-state index contributed by atoms with van der Waals surface area (Å²) in [6, 6.07) is 8.12. The molecule has 0 aliphatic carbocycles. The summed E-state index contributed by atoms with van der Waals surface area (Å²) in [7, 11) is 0. The van der Waals surface area contributed by atoms with E-state index >= 15 is 0 Å². The minimum absolute atomic E-state index is 0.236. The first-order valence-corrected chi connectivity index (χ1v) is 5.97. The van der Waals surface area contributed by atoms with Crippen molar-refractivity contribution >= 4 is 0 Å². The second-order valence-corrected chi connectivity index (χ2v) is 4.74. The van der Waals surface area contributed by atoms with Crippen LogP contribution < -0.4 is 4.74 Å². The molecule has 1 unspecified atom stereocenters. The smallest absolute Gasteiger partial charge is 0.119 e. The summed E-state index contributed by atoms with van der Waals surface area (Å²) in [5.41, 5.74) is 1.22. The molecule has 0 aliphatic heterocycles. The van der Waals surface area contributed by atoms with Crippen LogP contribution in [0.4, 0.5) is 0 Å². The fourth-order valence-electron chi connectivity index (χ4n) is 1.43. The van der Waals surface area contributed by atoms with Crippen molar-refractivity contribution in [3.8, 4) is 5.75 Å². The molecule has 2 nitrogen and oxygen atoms in total. The molecule has 90 valence electrons. The van der Waals surface area contributed by atoms with Gasteiger partial charge in [-0.1, -0.05) is 26.0 Å². The monoisotopic (exact) mass is 222 g/mol. The summed E-state index contributed by atoms with van der Waals surface area (Å²) in [6.45, 7) is 6.84. The zero-order valence-corrected chi connectivity index (χ0v) is 10.4. The molecule has 16 heavy (non-hydrogen) atoms. The lowest BCUT2D eigenvalue weighted by atomic mass is 10.1. The zero-order valence-electron chi connectivity index (χ0n) is 10.4. The third-order valence-electron chi connectivity index (χ3n) is 2.33. The zero-order chi connectivity index (χ0) is 12.0. The predicted octanol–water partition coefficient (Wildman–Crippen LogP) is 3.03. The lowest BCUT2D eigenvalue weighted by molar-refractivity contribution is 0.185. The number of hydrogen-bond donors (Lipinski definition) is 1. The number of aliphatic hydroxyl groups excluding tert-OH is 1. The average molecular weight is 222 g/mol. The Hall–Kier alpha value is -1.02. The molecule has 1 N–H and O–H groups in total. The normalized spacial score (nSPS) is 12.8. The highest BCUT2D eigenvalue weighted by Gasteiger charge is 2.01. The molecule has 0 fully saturated rings. The van der Waals surface area contributed by atoms with Crippen LogP contribution in [-0.2, 0) is 6.42 Å². The first kappa shape index (κ1) is 13.0. The SMILES string of the molecule is CC(C)COc1cccc(CCC(C)O)c1. The fraction of sp³-hybridized carbons (Fsp3) is 0.571. The minimum Gasteiger partial charge on any atom is -0.493 e. The number of rotatable bonds is 6. The molecule has 0 spiro atoms.